The van der Waals surface area contributed by atoms with Crippen LogP contribution in [0, 0.1) is 11.8 Å². The van der Waals surface area contributed by atoms with Crippen LogP contribution in [0.5, 0.6) is 0 Å². The largest absolute Gasteiger partial charge is 0.300 e. The Bertz CT molecular complexity index is 607. The number of piperidine rings is 1. The SMILES string of the molecule is CCCC(C)c1cnn(C2CCN([C@H]3CC[C@H](CC(=O)C(C)C)CC3)CC2)c1. The van der Waals surface area contributed by atoms with Crippen molar-refractivity contribution in [2.75, 3.05) is 13.1 Å². The molecule has 1 aromatic rings. The second kappa shape index (κ2) is 10.0. The van der Waals surface area contributed by atoms with Crippen molar-refractivity contribution in [3.05, 3.63) is 18.0 Å². The van der Waals surface area contributed by atoms with Crippen LogP contribution in [-0.2, 0) is 4.79 Å². The summed E-state index contributed by atoms with van der Waals surface area (Å²) in [5, 5.41) is 4.70. The maximum Gasteiger partial charge on any atom is 0.135 e. The molecular formula is C24H41N3O. The quantitative estimate of drug-likeness (QED) is 0.583. The predicted octanol–water partition coefficient (Wildman–Crippen LogP) is 5.60. The van der Waals surface area contributed by atoms with Gasteiger partial charge in [-0.2, -0.15) is 5.10 Å². The van der Waals surface area contributed by atoms with E-state index in [9.17, 15) is 4.79 Å². The van der Waals surface area contributed by atoms with Crippen molar-refractivity contribution in [2.24, 2.45) is 11.8 Å². The van der Waals surface area contributed by atoms with E-state index in [4.69, 9.17) is 5.10 Å². The van der Waals surface area contributed by atoms with E-state index < -0.39 is 0 Å². The lowest BCUT2D eigenvalue weighted by Crippen LogP contribution is -2.43. The summed E-state index contributed by atoms with van der Waals surface area (Å²) in [5.74, 6) is 1.91. The molecule has 158 valence electrons. The summed E-state index contributed by atoms with van der Waals surface area (Å²) in [7, 11) is 0. The Morgan fingerprint density at radius 2 is 1.75 bits per heavy atom. The summed E-state index contributed by atoms with van der Waals surface area (Å²) in [4.78, 5) is 14.7. The van der Waals surface area contributed by atoms with Crippen LogP contribution >= 0.6 is 0 Å². The average Bonchev–Trinajstić information content (AvgIpc) is 3.19. The number of aromatic nitrogens is 2. The highest BCUT2D eigenvalue weighted by atomic mass is 16.1. The molecule has 1 aliphatic carbocycles. The van der Waals surface area contributed by atoms with Gasteiger partial charge in [0.2, 0.25) is 0 Å². The number of ketones is 1. The van der Waals surface area contributed by atoms with Gasteiger partial charge in [0.25, 0.3) is 0 Å². The maximum atomic E-state index is 12.0. The molecule has 1 aliphatic heterocycles. The first-order valence-electron chi connectivity index (χ1n) is 11.8. The van der Waals surface area contributed by atoms with Gasteiger partial charge in [0.05, 0.1) is 12.2 Å². The average molecular weight is 388 g/mol. The number of carbonyl (C=O) groups excluding carboxylic acids is 1. The van der Waals surface area contributed by atoms with Crippen molar-refractivity contribution in [3.63, 3.8) is 0 Å². The monoisotopic (exact) mass is 387 g/mol. The molecule has 3 rings (SSSR count). The maximum absolute atomic E-state index is 12.0. The normalized spacial score (nSPS) is 25.9. The zero-order chi connectivity index (χ0) is 20.1. The molecule has 2 aliphatic rings. The minimum absolute atomic E-state index is 0.199. The fraction of sp³-hybridized carbons (Fsp3) is 0.833. The number of carbonyl (C=O) groups is 1. The van der Waals surface area contributed by atoms with Gasteiger partial charge in [-0.3, -0.25) is 9.48 Å². The van der Waals surface area contributed by atoms with E-state index in [2.05, 4.69) is 35.8 Å². The zero-order valence-corrected chi connectivity index (χ0v) is 18.6. The molecule has 4 nitrogen and oxygen atoms in total. The lowest BCUT2D eigenvalue weighted by atomic mass is 9.81. The topological polar surface area (TPSA) is 38.1 Å². The zero-order valence-electron chi connectivity index (χ0n) is 18.6. The summed E-state index contributed by atoms with van der Waals surface area (Å²) in [6.45, 7) is 11.0. The van der Waals surface area contributed by atoms with E-state index in [1.807, 2.05) is 13.8 Å². The van der Waals surface area contributed by atoms with Crippen LogP contribution in [0.1, 0.15) is 103 Å². The summed E-state index contributed by atoms with van der Waals surface area (Å²) in [6.07, 6.45) is 15.1. The molecule has 0 bridgehead atoms. The molecule has 1 atom stereocenters. The van der Waals surface area contributed by atoms with Gasteiger partial charge >= 0.3 is 0 Å². The van der Waals surface area contributed by atoms with E-state index in [1.54, 1.807) is 0 Å². The number of likely N-dealkylation sites (tertiary alicyclic amines) is 1. The van der Waals surface area contributed by atoms with Crippen molar-refractivity contribution in [3.8, 4) is 0 Å². The van der Waals surface area contributed by atoms with Crippen molar-refractivity contribution in [2.45, 2.75) is 103 Å². The summed E-state index contributed by atoms with van der Waals surface area (Å²) in [6, 6.07) is 1.31. The predicted molar refractivity (Wildman–Crippen MR) is 116 cm³/mol. The molecule has 1 saturated heterocycles. The van der Waals surface area contributed by atoms with Gasteiger partial charge in [-0.25, -0.2) is 0 Å². The highest BCUT2D eigenvalue weighted by Crippen LogP contribution is 2.33. The fourth-order valence-electron chi connectivity index (χ4n) is 5.16. The van der Waals surface area contributed by atoms with Crippen LogP contribution in [0.2, 0.25) is 0 Å². The van der Waals surface area contributed by atoms with Crippen LogP contribution < -0.4 is 0 Å². The second-order valence-electron chi connectivity index (χ2n) is 9.71. The van der Waals surface area contributed by atoms with E-state index >= 15 is 0 Å². The molecule has 4 heteroatoms. The molecule has 1 unspecified atom stereocenters. The highest BCUT2D eigenvalue weighted by molar-refractivity contribution is 5.80. The molecule has 1 saturated carbocycles. The van der Waals surface area contributed by atoms with E-state index in [0.717, 1.165) is 12.5 Å². The molecule has 2 heterocycles. The molecule has 0 amide bonds. The molecule has 2 fully saturated rings. The number of Topliss-reactive ketones (excluding diaryl/α,β-unsaturated/α-hetero) is 1. The van der Waals surface area contributed by atoms with Crippen LogP contribution in [-0.4, -0.2) is 39.6 Å². The number of nitrogens with zero attached hydrogens (tertiary/aromatic N) is 3. The number of hydrogen-bond donors (Lipinski definition) is 0. The van der Waals surface area contributed by atoms with Gasteiger partial charge in [-0.15, -0.1) is 0 Å². The first-order chi connectivity index (χ1) is 13.5. The molecule has 0 radical (unpaired) electrons. The molecular weight excluding hydrogens is 346 g/mol. The highest BCUT2D eigenvalue weighted by Gasteiger charge is 2.30. The standard InChI is InChI=1S/C24H41N3O/c1-5-6-19(4)21-16-25-27(17-21)23-11-13-26(14-12-23)22-9-7-20(8-10-22)15-24(28)18(2)3/h16-20,22-23H,5-15H2,1-4H3/t19?,20-,22-. The van der Waals surface area contributed by atoms with Crippen LogP contribution in [0.15, 0.2) is 12.4 Å². The van der Waals surface area contributed by atoms with Gasteiger partial charge < -0.3 is 4.90 Å². The Labute approximate surface area is 172 Å². The Morgan fingerprint density at radius 1 is 1.07 bits per heavy atom. The molecule has 0 spiro atoms. The van der Waals surface area contributed by atoms with Gasteiger partial charge in [-0.1, -0.05) is 34.1 Å². The Balaban J connectivity index is 1.43. The van der Waals surface area contributed by atoms with Crippen molar-refractivity contribution >= 4 is 5.78 Å². The van der Waals surface area contributed by atoms with E-state index in [-0.39, 0.29) is 5.92 Å². The van der Waals surface area contributed by atoms with Gasteiger partial charge in [0.1, 0.15) is 5.78 Å². The number of rotatable bonds is 8. The van der Waals surface area contributed by atoms with E-state index in [0.29, 0.717) is 23.7 Å². The van der Waals surface area contributed by atoms with Crippen molar-refractivity contribution < 1.29 is 4.79 Å². The first-order valence-corrected chi connectivity index (χ1v) is 11.8. The minimum Gasteiger partial charge on any atom is -0.300 e. The third kappa shape index (κ3) is 5.46. The van der Waals surface area contributed by atoms with Crippen molar-refractivity contribution in [1.29, 1.82) is 0 Å². The summed E-state index contributed by atoms with van der Waals surface area (Å²) >= 11 is 0. The smallest absolute Gasteiger partial charge is 0.135 e. The lowest BCUT2D eigenvalue weighted by molar-refractivity contribution is -0.123. The third-order valence-electron chi connectivity index (χ3n) is 7.25. The Morgan fingerprint density at radius 3 is 2.36 bits per heavy atom. The van der Waals surface area contributed by atoms with Gasteiger partial charge in [-0.05, 0) is 62.3 Å². The summed E-state index contributed by atoms with van der Waals surface area (Å²) in [5.41, 5.74) is 1.40. The van der Waals surface area contributed by atoms with Crippen molar-refractivity contribution in [1.82, 2.24) is 14.7 Å². The molecule has 0 N–H and O–H groups in total. The van der Waals surface area contributed by atoms with Crippen LogP contribution in [0.4, 0.5) is 0 Å². The Hall–Kier alpha value is -1.16. The Kier molecular flexibility index (Phi) is 7.73. The fourth-order valence-corrected chi connectivity index (χ4v) is 5.16. The summed E-state index contributed by atoms with van der Waals surface area (Å²) < 4.78 is 2.24. The molecule has 28 heavy (non-hydrogen) atoms. The minimum atomic E-state index is 0.199. The third-order valence-corrected chi connectivity index (χ3v) is 7.25. The lowest BCUT2D eigenvalue weighted by Gasteiger charge is -2.40. The number of hydrogen-bond acceptors (Lipinski definition) is 3. The van der Waals surface area contributed by atoms with Crippen LogP contribution in [0.3, 0.4) is 0 Å². The van der Waals surface area contributed by atoms with E-state index in [1.165, 1.54) is 70.0 Å². The molecule has 0 aromatic carbocycles. The molecule has 1 aromatic heterocycles. The van der Waals surface area contributed by atoms with Gasteiger partial charge in [0, 0.05) is 37.7 Å². The second-order valence-corrected chi connectivity index (χ2v) is 9.71. The van der Waals surface area contributed by atoms with Gasteiger partial charge in [0.15, 0.2) is 0 Å². The van der Waals surface area contributed by atoms with Crippen LogP contribution in [0.25, 0.3) is 0 Å². The first kappa shape index (κ1) is 21.5.